The predicted octanol–water partition coefficient (Wildman–Crippen LogP) is 1.99. The molecule has 10 heavy (non-hydrogen) atoms. The van der Waals surface area contributed by atoms with E-state index in [1.54, 1.807) is 6.26 Å². The fourth-order valence-electron chi connectivity index (χ4n) is 0.847. The molecule has 1 atom stereocenters. The summed E-state index contributed by atoms with van der Waals surface area (Å²) in [7, 11) is 0. The fourth-order valence-corrected chi connectivity index (χ4v) is 0.847. The fraction of sp³-hybridized carbons (Fsp3) is 0.667. The van der Waals surface area contributed by atoms with Gasteiger partial charge in [-0.1, -0.05) is 5.11 Å². The maximum Gasteiger partial charge on any atom is 0.104 e. The van der Waals surface area contributed by atoms with Crippen molar-refractivity contribution < 1.29 is 4.74 Å². The van der Waals surface area contributed by atoms with E-state index in [4.69, 9.17) is 10.3 Å². The topological polar surface area (TPSA) is 58.0 Å². The van der Waals surface area contributed by atoms with E-state index >= 15 is 0 Å². The van der Waals surface area contributed by atoms with Crippen LogP contribution in [0, 0.1) is 0 Å². The Morgan fingerprint density at radius 3 is 3.30 bits per heavy atom. The zero-order chi connectivity index (χ0) is 7.23. The first kappa shape index (κ1) is 6.96. The second-order valence-corrected chi connectivity index (χ2v) is 2.12. The largest absolute Gasteiger partial charge is 0.498 e. The molecule has 0 bridgehead atoms. The van der Waals surface area contributed by atoms with Crippen LogP contribution >= 0.6 is 0 Å². The van der Waals surface area contributed by atoms with Crippen LogP contribution in [0.15, 0.2) is 17.5 Å². The van der Waals surface area contributed by atoms with Crippen molar-refractivity contribution >= 4 is 0 Å². The van der Waals surface area contributed by atoms with E-state index < -0.39 is 0 Å². The van der Waals surface area contributed by atoms with Gasteiger partial charge in [0.15, 0.2) is 0 Å². The van der Waals surface area contributed by atoms with Crippen molar-refractivity contribution in [3.05, 3.63) is 22.8 Å². The molecule has 1 heterocycles. The highest BCUT2D eigenvalue weighted by Crippen LogP contribution is 2.09. The standard InChI is InChI=1S/C6H9N3O/c7-9-8-5-6-3-1-2-4-10-6/h2,4,6H,1,3,5H2. The molecular formula is C6H9N3O. The molecule has 0 fully saturated rings. The number of allylic oxidation sites excluding steroid dienone is 1. The number of nitrogens with zero attached hydrogens (tertiary/aromatic N) is 3. The van der Waals surface area contributed by atoms with E-state index in [-0.39, 0.29) is 6.10 Å². The third kappa shape index (κ3) is 1.99. The van der Waals surface area contributed by atoms with Crippen molar-refractivity contribution in [2.75, 3.05) is 6.54 Å². The first-order valence-electron chi connectivity index (χ1n) is 3.25. The molecule has 0 aliphatic carbocycles. The van der Waals surface area contributed by atoms with Crippen molar-refractivity contribution in [2.45, 2.75) is 18.9 Å². The molecule has 4 heteroatoms. The SMILES string of the molecule is [N-]=[N+]=NCC1CCC=CO1. The third-order valence-electron chi connectivity index (χ3n) is 1.37. The van der Waals surface area contributed by atoms with Gasteiger partial charge in [-0.25, -0.2) is 0 Å². The van der Waals surface area contributed by atoms with Gasteiger partial charge in [0.25, 0.3) is 0 Å². The monoisotopic (exact) mass is 139 g/mol. The molecule has 0 spiro atoms. The first-order chi connectivity index (χ1) is 4.93. The molecule has 0 saturated carbocycles. The van der Waals surface area contributed by atoms with Crippen LogP contribution in [0.25, 0.3) is 10.4 Å². The molecule has 0 amide bonds. The summed E-state index contributed by atoms with van der Waals surface area (Å²) in [6.45, 7) is 0.445. The Balaban J connectivity index is 2.28. The second-order valence-electron chi connectivity index (χ2n) is 2.12. The van der Waals surface area contributed by atoms with Gasteiger partial charge in [0.2, 0.25) is 0 Å². The van der Waals surface area contributed by atoms with Gasteiger partial charge in [-0.3, -0.25) is 0 Å². The van der Waals surface area contributed by atoms with Gasteiger partial charge in [-0.2, -0.15) is 0 Å². The van der Waals surface area contributed by atoms with E-state index in [9.17, 15) is 0 Å². The zero-order valence-electron chi connectivity index (χ0n) is 5.60. The molecule has 0 aromatic rings. The van der Waals surface area contributed by atoms with Gasteiger partial charge in [-0.05, 0) is 24.4 Å². The van der Waals surface area contributed by atoms with Crippen molar-refractivity contribution in [3.8, 4) is 0 Å². The molecule has 0 N–H and O–H groups in total. The van der Waals surface area contributed by atoms with Gasteiger partial charge in [0.1, 0.15) is 6.10 Å². The van der Waals surface area contributed by atoms with Crippen molar-refractivity contribution in [2.24, 2.45) is 5.11 Å². The summed E-state index contributed by atoms with van der Waals surface area (Å²) in [5, 5.41) is 3.42. The number of ether oxygens (including phenoxy) is 1. The average molecular weight is 139 g/mol. The van der Waals surface area contributed by atoms with Crippen LogP contribution in [0.2, 0.25) is 0 Å². The van der Waals surface area contributed by atoms with E-state index in [0.29, 0.717) is 6.54 Å². The van der Waals surface area contributed by atoms with Crippen molar-refractivity contribution in [1.29, 1.82) is 0 Å². The minimum atomic E-state index is 0.0981. The Hall–Kier alpha value is -1.15. The van der Waals surface area contributed by atoms with Gasteiger partial charge in [0, 0.05) is 4.91 Å². The van der Waals surface area contributed by atoms with Gasteiger partial charge in [0.05, 0.1) is 12.8 Å². The highest BCUT2D eigenvalue weighted by molar-refractivity contribution is 4.82. The smallest absolute Gasteiger partial charge is 0.104 e. The Bertz CT molecular complexity index is 172. The highest BCUT2D eigenvalue weighted by Gasteiger charge is 2.08. The number of hydrogen-bond donors (Lipinski definition) is 0. The molecule has 0 aromatic carbocycles. The molecule has 1 aliphatic rings. The minimum Gasteiger partial charge on any atom is -0.498 e. The third-order valence-corrected chi connectivity index (χ3v) is 1.37. The number of rotatable bonds is 2. The minimum absolute atomic E-state index is 0.0981. The summed E-state index contributed by atoms with van der Waals surface area (Å²) in [5.74, 6) is 0. The van der Waals surface area contributed by atoms with Crippen LogP contribution in [0.1, 0.15) is 12.8 Å². The number of azide groups is 1. The lowest BCUT2D eigenvalue weighted by atomic mass is 10.2. The van der Waals surface area contributed by atoms with Crippen LogP contribution < -0.4 is 0 Å². The quantitative estimate of drug-likeness (QED) is 0.328. The summed E-state index contributed by atoms with van der Waals surface area (Å²) in [6.07, 6.45) is 5.70. The van der Waals surface area contributed by atoms with Crippen LogP contribution in [0.5, 0.6) is 0 Å². The molecule has 4 nitrogen and oxygen atoms in total. The maximum atomic E-state index is 7.98. The Labute approximate surface area is 59.1 Å². The normalized spacial score (nSPS) is 23.0. The van der Waals surface area contributed by atoms with Gasteiger partial charge in [-0.15, -0.1) is 0 Å². The van der Waals surface area contributed by atoms with Crippen molar-refractivity contribution in [1.82, 2.24) is 0 Å². The first-order valence-corrected chi connectivity index (χ1v) is 3.25. The summed E-state index contributed by atoms with van der Waals surface area (Å²) < 4.78 is 5.13. The Kier molecular flexibility index (Phi) is 2.64. The lowest BCUT2D eigenvalue weighted by molar-refractivity contribution is 0.131. The van der Waals surface area contributed by atoms with Crippen LogP contribution in [-0.4, -0.2) is 12.6 Å². The summed E-state index contributed by atoms with van der Waals surface area (Å²) in [4.78, 5) is 2.65. The lowest BCUT2D eigenvalue weighted by Crippen LogP contribution is -2.15. The van der Waals surface area contributed by atoms with E-state index in [1.165, 1.54) is 0 Å². The van der Waals surface area contributed by atoms with Crippen molar-refractivity contribution in [3.63, 3.8) is 0 Å². The summed E-state index contributed by atoms with van der Waals surface area (Å²) in [5.41, 5.74) is 7.98. The second kappa shape index (κ2) is 3.80. The van der Waals surface area contributed by atoms with Crippen LogP contribution in [-0.2, 0) is 4.74 Å². The molecule has 0 saturated heterocycles. The predicted molar refractivity (Wildman–Crippen MR) is 37.3 cm³/mol. The maximum absolute atomic E-state index is 7.98. The average Bonchev–Trinajstić information content (AvgIpc) is 2.03. The molecule has 1 aliphatic heterocycles. The molecule has 0 radical (unpaired) electrons. The molecule has 1 rings (SSSR count). The van der Waals surface area contributed by atoms with Crippen LogP contribution in [0.3, 0.4) is 0 Å². The van der Waals surface area contributed by atoms with Gasteiger partial charge < -0.3 is 4.74 Å². The van der Waals surface area contributed by atoms with E-state index in [2.05, 4.69) is 10.0 Å². The van der Waals surface area contributed by atoms with E-state index in [0.717, 1.165) is 12.8 Å². The Morgan fingerprint density at radius 2 is 2.70 bits per heavy atom. The lowest BCUT2D eigenvalue weighted by Gasteiger charge is -2.16. The summed E-state index contributed by atoms with van der Waals surface area (Å²) >= 11 is 0. The highest BCUT2D eigenvalue weighted by atomic mass is 16.5. The van der Waals surface area contributed by atoms with Crippen LogP contribution in [0.4, 0.5) is 0 Å². The van der Waals surface area contributed by atoms with Gasteiger partial charge >= 0.3 is 0 Å². The molecule has 54 valence electrons. The zero-order valence-corrected chi connectivity index (χ0v) is 5.60. The molecular weight excluding hydrogens is 130 g/mol. The molecule has 0 aromatic heterocycles. The number of hydrogen-bond acceptors (Lipinski definition) is 2. The van der Waals surface area contributed by atoms with E-state index in [1.807, 2.05) is 6.08 Å². The molecule has 1 unspecified atom stereocenters. The summed E-state index contributed by atoms with van der Waals surface area (Å²) in [6, 6.07) is 0. The Morgan fingerprint density at radius 1 is 1.80 bits per heavy atom.